The van der Waals surface area contributed by atoms with Gasteiger partial charge in [-0.2, -0.15) is 9.97 Å². The molecule has 42 heavy (non-hydrogen) atoms. The summed E-state index contributed by atoms with van der Waals surface area (Å²) >= 11 is 6.18. The molecule has 4 atom stereocenters. The van der Waals surface area contributed by atoms with Crippen molar-refractivity contribution in [3.63, 3.8) is 0 Å². The summed E-state index contributed by atoms with van der Waals surface area (Å²) in [5, 5.41) is 24.7. The van der Waals surface area contributed by atoms with Crippen molar-refractivity contribution in [1.29, 1.82) is 0 Å². The second kappa shape index (κ2) is 14.6. The summed E-state index contributed by atoms with van der Waals surface area (Å²) < 4.78 is 53.3. The lowest BCUT2D eigenvalue weighted by molar-refractivity contribution is -0.0644. The molecule has 0 radical (unpaired) electrons. The highest BCUT2D eigenvalue weighted by molar-refractivity contribution is 7.53. The van der Waals surface area contributed by atoms with Gasteiger partial charge in [0.15, 0.2) is 23.2 Å². The highest BCUT2D eigenvalue weighted by atomic mass is 35.5. The highest BCUT2D eigenvalue weighted by Gasteiger charge is 2.45. The van der Waals surface area contributed by atoms with Crippen LogP contribution in [-0.2, 0) is 42.0 Å². The Balaban J connectivity index is 1.40. The predicted molar refractivity (Wildman–Crippen MR) is 139 cm³/mol. The van der Waals surface area contributed by atoms with E-state index >= 15 is 0 Å². The van der Waals surface area contributed by atoms with Gasteiger partial charge in [0, 0.05) is 6.04 Å². The zero-order chi connectivity index (χ0) is 30.3. The molecule has 0 aromatic carbocycles. The van der Waals surface area contributed by atoms with Gasteiger partial charge in [-0.3, -0.25) is 18.2 Å². The summed E-state index contributed by atoms with van der Waals surface area (Å²) in [4.78, 5) is 35.2. The first kappa shape index (κ1) is 32.1. The zero-order valence-corrected chi connectivity index (χ0v) is 24.3. The van der Waals surface area contributed by atoms with E-state index < -0.39 is 71.0 Å². The zero-order valence-electron chi connectivity index (χ0n) is 22.6. The summed E-state index contributed by atoms with van der Waals surface area (Å²) in [6.07, 6.45) is -2.52. The van der Waals surface area contributed by atoms with Crippen molar-refractivity contribution in [2.75, 3.05) is 46.1 Å². The monoisotopic (exact) mass is 639 g/mol. The third kappa shape index (κ3) is 7.96. The van der Waals surface area contributed by atoms with Gasteiger partial charge in [0.1, 0.15) is 24.7 Å². The van der Waals surface area contributed by atoms with Gasteiger partial charge in [0.2, 0.25) is 18.9 Å². The summed E-state index contributed by atoms with van der Waals surface area (Å²) in [7, 11) is -2.09. The number of fused-ring (bicyclic) bond motifs is 1. The number of carbonyl (C=O) groups excluding carboxylic acids is 2. The number of rotatable bonds is 13. The lowest BCUT2D eigenvalue weighted by Crippen LogP contribution is -2.34. The average Bonchev–Trinajstić information content (AvgIpc) is 3.69. The number of aromatic nitrogens is 4. The van der Waals surface area contributed by atoms with Gasteiger partial charge in [0.25, 0.3) is 0 Å². The van der Waals surface area contributed by atoms with Crippen molar-refractivity contribution < 1.29 is 61.8 Å². The van der Waals surface area contributed by atoms with E-state index in [0.717, 1.165) is 39.9 Å². The minimum atomic E-state index is -4.21. The number of hydrogen-bond donors (Lipinski definition) is 3. The van der Waals surface area contributed by atoms with Crippen molar-refractivity contribution >= 4 is 48.5 Å². The smallest absolute Gasteiger partial charge is 0.438 e. The van der Waals surface area contributed by atoms with Crippen LogP contribution in [0.25, 0.3) is 11.2 Å². The Morgan fingerprint density at radius 1 is 1.10 bits per heavy atom. The first-order chi connectivity index (χ1) is 20.1. The Labute approximate surface area is 244 Å². The average molecular weight is 640 g/mol. The van der Waals surface area contributed by atoms with Gasteiger partial charge in [-0.25, -0.2) is 14.6 Å². The number of halogens is 1. The normalized spacial score (nSPS) is 22.8. The van der Waals surface area contributed by atoms with Crippen LogP contribution in [-0.4, -0.2) is 107 Å². The Morgan fingerprint density at radius 2 is 1.74 bits per heavy atom. The van der Waals surface area contributed by atoms with Crippen LogP contribution in [0.15, 0.2) is 6.33 Å². The van der Waals surface area contributed by atoms with Crippen molar-refractivity contribution in [2.45, 2.75) is 56.3 Å². The molecule has 234 valence electrons. The number of nitrogens with one attached hydrogen (secondary N) is 1. The van der Waals surface area contributed by atoms with Gasteiger partial charge in [-0.05, 0) is 24.4 Å². The topological polar surface area (TPSA) is 221 Å². The molecule has 2 aromatic rings. The number of aliphatic hydroxyl groups excluding tert-OH is 2. The number of carbonyl (C=O) groups is 2. The van der Waals surface area contributed by atoms with E-state index in [4.69, 9.17) is 30.1 Å². The second-order valence-electron chi connectivity index (χ2n) is 9.14. The number of aliphatic hydroxyl groups is 2. The second-order valence-corrected chi connectivity index (χ2v) is 11.5. The standard InChI is InChI=1S/C22H31ClN5O13P/c1-34-21(31)37-9-39-42(33,40-10-38-22(32)35-2)11-36-7-13-15(29)16(30)19(41-13)28-8-24-14-17(25-12-5-3-4-6-12)26-20(23)27-18(14)28/h8,12-13,15-16,19,29-30H,3-7,9-11H2,1-2H3,(H,25,26,27)/t13-,15-,16-,19-/m1/s1. The van der Waals surface area contributed by atoms with Crippen molar-refractivity contribution in [2.24, 2.45) is 0 Å². The largest absolute Gasteiger partial charge is 0.510 e. The summed E-state index contributed by atoms with van der Waals surface area (Å²) in [5.41, 5.74) is 0.686. The number of methoxy groups -OCH3 is 2. The van der Waals surface area contributed by atoms with Gasteiger partial charge in [0.05, 0.1) is 27.2 Å². The fourth-order valence-electron chi connectivity index (χ4n) is 4.36. The molecule has 0 spiro atoms. The van der Waals surface area contributed by atoms with Gasteiger partial charge in [-0.1, -0.05) is 12.8 Å². The van der Waals surface area contributed by atoms with E-state index in [0.29, 0.717) is 11.3 Å². The summed E-state index contributed by atoms with van der Waals surface area (Å²) in [6.45, 7) is -2.08. The van der Waals surface area contributed by atoms with Gasteiger partial charge >= 0.3 is 19.9 Å². The molecule has 1 aliphatic carbocycles. The number of ether oxygens (including phenoxy) is 6. The lowest BCUT2D eigenvalue weighted by atomic mass is 10.1. The maximum absolute atomic E-state index is 13.0. The Hall–Kier alpha value is -2.83. The highest BCUT2D eigenvalue weighted by Crippen LogP contribution is 2.48. The molecule has 1 aliphatic heterocycles. The molecule has 0 amide bonds. The van der Waals surface area contributed by atoms with Gasteiger partial charge in [-0.15, -0.1) is 0 Å². The van der Waals surface area contributed by atoms with Crippen molar-refractivity contribution in [3.05, 3.63) is 11.6 Å². The molecule has 0 bridgehead atoms. The van der Waals surface area contributed by atoms with Crippen LogP contribution in [0.3, 0.4) is 0 Å². The molecule has 18 nitrogen and oxygen atoms in total. The third-order valence-corrected chi connectivity index (χ3v) is 8.08. The molecule has 3 N–H and O–H groups in total. The molecule has 0 unspecified atom stereocenters. The minimum Gasteiger partial charge on any atom is -0.438 e. The third-order valence-electron chi connectivity index (χ3n) is 6.42. The molecule has 20 heteroatoms. The molecule has 2 fully saturated rings. The maximum atomic E-state index is 13.0. The van der Waals surface area contributed by atoms with Crippen LogP contribution < -0.4 is 5.32 Å². The van der Waals surface area contributed by atoms with Crippen molar-refractivity contribution in [1.82, 2.24) is 19.5 Å². The maximum Gasteiger partial charge on any atom is 0.510 e. The Bertz CT molecular complexity index is 1250. The van der Waals surface area contributed by atoms with Crippen LogP contribution in [0.1, 0.15) is 31.9 Å². The quantitative estimate of drug-likeness (QED) is 0.124. The molecule has 2 aliphatic rings. The van der Waals surface area contributed by atoms with Crippen LogP contribution in [0.2, 0.25) is 5.28 Å². The van der Waals surface area contributed by atoms with Crippen LogP contribution in [0, 0.1) is 0 Å². The fraction of sp³-hybridized carbons (Fsp3) is 0.682. The molecule has 1 saturated carbocycles. The number of hydrogen-bond acceptors (Lipinski definition) is 17. The van der Waals surface area contributed by atoms with E-state index in [1.807, 2.05) is 0 Å². The lowest BCUT2D eigenvalue weighted by Gasteiger charge is -2.20. The van der Waals surface area contributed by atoms with E-state index in [1.54, 1.807) is 0 Å². The van der Waals surface area contributed by atoms with E-state index in [1.165, 1.54) is 10.9 Å². The van der Waals surface area contributed by atoms with Crippen LogP contribution in [0.4, 0.5) is 15.4 Å². The SMILES string of the molecule is COC(=O)OCOP(=O)(COC[C@H]1O[C@@H](n2cnc3c(NC4CCCC4)nc(Cl)nc32)[C@H](O)[C@@H]1O)OCOC(=O)OC. The Morgan fingerprint density at radius 3 is 2.36 bits per heavy atom. The van der Waals surface area contributed by atoms with Crippen molar-refractivity contribution in [3.8, 4) is 0 Å². The number of anilines is 1. The first-order valence-corrected chi connectivity index (χ1v) is 14.8. The predicted octanol–water partition coefficient (Wildman–Crippen LogP) is 2.13. The molecular formula is C22H31ClN5O13P. The molecule has 4 rings (SSSR count). The summed E-state index contributed by atoms with van der Waals surface area (Å²) in [6, 6.07) is 0.226. The molecule has 2 aromatic heterocycles. The molecule has 1 saturated heterocycles. The fourth-order valence-corrected chi connectivity index (χ4v) is 5.50. The van der Waals surface area contributed by atoms with Gasteiger partial charge < -0.3 is 44.0 Å². The van der Waals surface area contributed by atoms with Crippen LogP contribution in [0.5, 0.6) is 0 Å². The first-order valence-electron chi connectivity index (χ1n) is 12.7. The van der Waals surface area contributed by atoms with E-state index in [9.17, 15) is 24.4 Å². The molecular weight excluding hydrogens is 609 g/mol. The minimum absolute atomic E-state index is 0.0409. The molecule has 3 heterocycles. The number of nitrogens with zero attached hydrogens (tertiary/aromatic N) is 4. The number of imidazole rings is 1. The summed E-state index contributed by atoms with van der Waals surface area (Å²) in [5.74, 6) is 0.451. The van der Waals surface area contributed by atoms with Crippen LogP contribution >= 0.6 is 19.2 Å². The Kier molecular flexibility index (Phi) is 11.1. The van der Waals surface area contributed by atoms with E-state index in [2.05, 4.69) is 39.2 Å². The van der Waals surface area contributed by atoms with E-state index in [-0.39, 0.29) is 17.0 Å².